The third kappa shape index (κ3) is 3.00. The molecule has 1 aromatic carbocycles. The van der Waals surface area contributed by atoms with Gasteiger partial charge >= 0.3 is 0 Å². The van der Waals surface area contributed by atoms with Crippen LogP contribution in [-0.4, -0.2) is 7.05 Å². The molecular formula is C9H16NP. The van der Waals surface area contributed by atoms with Crippen LogP contribution in [0.4, 0.5) is 0 Å². The van der Waals surface area contributed by atoms with Gasteiger partial charge in [-0.3, -0.25) is 0 Å². The van der Waals surface area contributed by atoms with E-state index in [0.717, 1.165) is 0 Å². The van der Waals surface area contributed by atoms with E-state index in [1.807, 2.05) is 13.1 Å². The van der Waals surface area contributed by atoms with Gasteiger partial charge < -0.3 is 5.32 Å². The molecule has 0 aliphatic carbocycles. The maximum absolute atomic E-state index is 3.18. The molecule has 0 spiro atoms. The molecule has 0 fully saturated rings. The second kappa shape index (κ2) is 5.29. The standard InChI is InChI=1S/C9H13N.H3P/c1-8(10-2)9-6-4-3-5-7-9;/h3-8,10H,1-2H3;1H3/t8-;/m0./s1. The van der Waals surface area contributed by atoms with Gasteiger partial charge in [-0.15, -0.1) is 0 Å². The Bertz CT molecular complexity index is 186. The Kier molecular flexibility index (Phi) is 5.10. The Hall–Kier alpha value is -0.390. The lowest BCUT2D eigenvalue weighted by Gasteiger charge is -2.08. The van der Waals surface area contributed by atoms with Crippen molar-refractivity contribution in [1.82, 2.24) is 5.32 Å². The first-order chi connectivity index (χ1) is 4.84. The van der Waals surface area contributed by atoms with Crippen LogP contribution in [0.1, 0.15) is 18.5 Å². The van der Waals surface area contributed by atoms with Crippen LogP contribution in [0, 0.1) is 0 Å². The van der Waals surface area contributed by atoms with Gasteiger partial charge in [0.1, 0.15) is 0 Å². The van der Waals surface area contributed by atoms with E-state index >= 15 is 0 Å². The van der Waals surface area contributed by atoms with Gasteiger partial charge in [0.25, 0.3) is 0 Å². The molecule has 0 aliphatic rings. The molecular weight excluding hydrogens is 153 g/mol. The Morgan fingerprint density at radius 1 is 1.18 bits per heavy atom. The second-order valence-electron chi connectivity index (χ2n) is 2.42. The zero-order chi connectivity index (χ0) is 7.40. The fraction of sp³-hybridized carbons (Fsp3) is 0.333. The molecule has 11 heavy (non-hydrogen) atoms. The maximum atomic E-state index is 3.18. The Morgan fingerprint density at radius 2 is 1.73 bits per heavy atom. The van der Waals surface area contributed by atoms with E-state index in [0.29, 0.717) is 6.04 Å². The Labute approximate surface area is 71.8 Å². The number of hydrogen-bond donors (Lipinski definition) is 1. The van der Waals surface area contributed by atoms with Crippen LogP contribution < -0.4 is 5.32 Å². The van der Waals surface area contributed by atoms with Crippen molar-refractivity contribution in [3.63, 3.8) is 0 Å². The van der Waals surface area contributed by atoms with Gasteiger partial charge in [-0.05, 0) is 19.5 Å². The van der Waals surface area contributed by atoms with Crippen LogP contribution in [0.5, 0.6) is 0 Å². The summed E-state index contributed by atoms with van der Waals surface area (Å²) in [6.07, 6.45) is 0. The first-order valence-electron chi connectivity index (χ1n) is 3.57. The summed E-state index contributed by atoms with van der Waals surface area (Å²) in [5, 5.41) is 3.18. The molecule has 0 heterocycles. The van der Waals surface area contributed by atoms with Crippen molar-refractivity contribution in [2.75, 3.05) is 7.05 Å². The quantitative estimate of drug-likeness (QED) is 0.668. The average Bonchev–Trinajstić information content (AvgIpc) is 2.05. The van der Waals surface area contributed by atoms with Crippen LogP contribution >= 0.6 is 9.90 Å². The molecule has 0 radical (unpaired) electrons. The highest BCUT2D eigenvalue weighted by Gasteiger charge is 1.97. The molecule has 0 amide bonds. The minimum atomic E-state index is 0. The third-order valence-electron chi connectivity index (χ3n) is 1.73. The van der Waals surface area contributed by atoms with Gasteiger partial charge in [0, 0.05) is 6.04 Å². The number of benzene rings is 1. The van der Waals surface area contributed by atoms with E-state index in [-0.39, 0.29) is 9.90 Å². The molecule has 1 nitrogen and oxygen atoms in total. The van der Waals surface area contributed by atoms with Crippen molar-refractivity contribution in [2.45, 2.75) is 13.0 Å². The van der Waals surface area contributed by atoms with Crippen molar-refractivity contribution in [1.29, 1.82) is 0 Å². The molecule has 0 aliphatic heterocycles. The molecule has 0 bridgehead atoms. The van der Waals surface area contributed by atoms with E-state index in [9.17, 15) is 0 Å². The second-order valence-corrected chi connectivity index (χ2v) is 2.42. The third-order valence-corrected chi connectivity index (χ3v) is 1.73. The maximum Gasteiger partial charge on any atom is 0.0289 e. The zero-order valence-corrected chi connectivity index (χ0v) is 8.59. The Morgan fingerprint density at radius 3 is 2.18 bits per heavy atom. The largest absolute Gasteiger partial charge is 0.313 e. The Balaban J connectivity index is 0.000001000. The lowest BCUT2D eigenvalue weighted by molar-refractivity contribution is 0.652. The first kappa shape index (κ1) is 10.6. The van der Waals surface area contributed by atoms with Crippen LogP contribution in [0.15, 0.2) is 30.3 Å². The highest BCUT2D eigenvalue weighted by Crippen LogP contribution is 2.09. The van der Waals surface area contributed by atoms with E-state index in [1.165, 1.54) is 5.56 Å². The zero-order valence-electron chi connectivity index (χ0n) is 7.17. The fourth-order valence-corrected chi connectivity index (χ4v) is 0.908. The van der Waals surface area contributed by atoms with E-state index in [1.54, 1.807) is 0 Å². The number of rotatable bonds is 2. The van der Waals surface area contributed by atoms with Gasteiger partial charge in [0.05, 0.1) is 0 Å². The van der Waals surface area contributed by atoms with Crippen molar-refractivity contribution in [2.24, 2.45) is 0 Å². The summed E-state index contributed by atoms with van der Waals surface area (Å²) in [4.78, 5) is 0. The van der Waals surface area contributed by atoms with Crippen LogP contribution in [0.2, 0.25) is 0 Å². The molecule has 0 saturated carbocycles. The molecule has 1 unspecified atom stereocenters. The van der Waals surface area contributed by atoms with Gasteiger partial charge in [-0.1, -0.05) is 30.3 Å². The van der Waals surface area contributed by atoms with Crippen molar-refractivity contribution < 1.29 is 0 Å². The van der Waals surface area contributed by atoms with Crippen LogP contribution in [-0.2, 0) is 0 Å². The summed E-state index contributed by atoms with van der Waals surface area (Å²) < 4.78 is 0. The smallest absolute Gasteiger partial charge is 0.0289 e. The van der Waals surface area contributed by atoms with E-state index < -0.39 is 0 Å². The highest BCUT2D eigenvalue weighted by atomic mass is 31.0. The van der Waals surface area contributed by atoms with Crippen molar-refractivity contribution in [3.05, 3.63) is 35.9 Å². The molecule has 1 rings (SSSR count). The van der Waals surface area contributed by atoms with Gasteiger partial charge in [0.2, 0.25) is 0 Å². The summed E-state index contributed by atoms with van der Waals surface area (Å²) in [6.45, 7) is 2.15. The summed E-state index contributed by atoms with van der Waals surface area (Å²) in [5.74, 6) is 0. The van der Waals surface area contributed by atoms with Crippen LogP contribution in [0.25, 0.3) is 0 Å². The molecule has 1 aromatic rings. The van der Waals surface area contributed by atoms with Crippen molar-refractivity contribution >= 4 is 9.90 Å². The lowest BCUT2D eigenvalue weighted by atomic mass is 10.1. The predicted molar refractivity (Wildman–Crippen MR) is 55.0 cm³/mol. The summed E-state index contributed by atoms with van der Waals surface area (Å²) in [5.41, 5.74) is 1.34. The summed E-state index contributed by atoms with van der Waals surface area (Å²) >= 11 is 0. The minimum absolute atomic E-state index is 0. The highest BCUT2D eigenvalue weighted by molar-refractivity contribution is 6.92. The molecule has 0 saturated heterocycles. The molecule has 62 valence electrons. The van der Waals surface area contributed by atoms with Gasteiger partial charge in [0.15, 0.2) is 0 Å². The van der Waals surface area contributed by atoms with Gasteiger partial charge in [-0.25, -0.2) is 0 Å². The fourth-order valence-electron chi connectivity index (χ4n) is 0.908. The minimum Gasteiger partial charge on any atom is -0.313 e. The monoisotopic (exact) mass is 169 g/mol. The lowest BCUT2D eigenvalue weighted by Crippen LogP contribution is -2.11. The van der Waals surface area contributed by atoms with E-state index in [2.05, 4.69) is 36.5 Å². The molecule has 2 heteroatoms. The first-order valence-corrected chi connectivity index (χ1v) is 3.57. The molecule has 2 atom stereocenters. The normalized spacial score (nSPS) is 11.8. The average molecular weight is 169 g/mol. The summed E-state index contributed by atoms with van der Waals surface area (Å²) in [7, 11) is 1.97. The van der Waals surface area contributed by atoms with Crippen LogP contribution in [0.3, 0.4) is 0 Å². The topological polar surface area (TPSA) is 12.0 Å². The van der Waals surface area contributed by atoms with Gasteiger partial charge in [-0.2, -0.15) is 9.90 Å². The van der Waals surface area contributed by atoms with Crippen molar-refractivity contribution in [3.8, 4) is 0 Å². The van der Waals surface area contributed by atoms with E-state index in [4.69, 9.17) is 0 Å². The molecule has 0 aromatic heterocycles. The summed E-state index contributed by atoms with van der Waals surface area (Å²) in [6, 6.07) is 10.9. The predicted octanol–water partition coefficient (Wildman–Crippen LogP) is 2.03. The SMILES string of the molecule is CN[C@@H](C)c1ccccc1.P. The number of nitrogens with one attached hydrogen (secondary N) is 1. The number of hydrogen-bond acceptors (Lipinski definition) is 1. The molecule has 1 N–H and O–H groups in total.